The summed E-state index contributed by atoms with van der Waals surface area (Å²) in [5.41, 5.74) is 3.45. The van der Waals surface area contributed by atoms with Gasteiger partial charge in [-0.05, 0) is 11.1 Å². The second-order valence-corrected chi connectivity index (χ2v) is 3.77. The van der Waals surface area contributed by atoms with Gasteiger partial charge in [0.1, 0.15) is 0 Å². The van der Waals surface area contributed by atoms with Gasteiger partial charge in [-0.15, -0.1) is 12.8 Å². The van der Waals surface area contributed by atoms with Gasteiger partial charge in [-0.3, -0.25) is 0 Å². The molecular weight excluding hydrogens is 216 g/mol. The van der Waals surface area contributed by atoms with Crippen molar-refractivity contribution in [3.63, 3.8) is 0 Å². The lowest BCUT2D eigenvalue weighted by molar-refractivity contribution is 1.61. The Labute approximate surface area is 108 Å². The summed E-state index contributed by atoms with van der Waals surface area (Å²) in [6, 6.07) is 19.6. The first kappa shape index (κ1) is 11.8. The molecule has 0 spiro atoms. The SMILES string of the molecule is C#C/C(=C(/C#C)c1ccccc1)c1ccccc1. The molecule has 18 heavy (non-hydrogen) atoms. The van der Waals surface area contributed by atoms with E-state index in [0.717, 1.165) is 22.3 Å². The van der Waals surface area contributed by atoms with Crippen LogP contribution >= 0.6 is 0 Å². The fourth-order valence-corrected chi connectivity index (χ4v) is 1.81. The minimum Gasteiger partial charge on any atom is -0.115 e. The van der Waals surface area contributed by atoms with Crippen LogP contribution in [0.25, 0.3) is 11.1 Å². The Morgan fingerprint density at radius 1 is 0.611 bits per heavy atom. The van der Waals surface area contributed by atoms with Gasteiger partial charge in [0.15, 0.2) is 0 Å². The second-order valence-electron chi connectivity index (χ2n) is 3.77. The average molecular weight is 228 g/mol. The molecule has 0 heteroatoms. The van der Waals surface area contributed by atoms with Crippen molar-refractivity contribution < 1.29 is 0 Å². The maximum Gasteiger partial charge on any atom is 0.0477 e. The monoisotopic (exact) mass is 228 g/mol. The Morgan fingerprint density at radius 3 is 1.22 bits per heavy atom. The lowest BCUT2D eigenvalue weighted by atomic mass is 9.96. The van der Waals surface area contributed by atoms with Crippen molar-refractivity contribution in [3.8, 4) is 24.7 Å². The summed E-state index contributed by atoms with van der Waals surface area (Å²) in [5, 5.41) is 0. The molecule has 0 aliphatic heterocycles. The zero-order valence-corrected chi connectivity index (χ0v) is 9.93. The van der Waals surface area contributed by atoms with Crippen molar-refractivity contribution in [3.05, 3.63) is 71.8 Å². The molecule has 2 rings (SSSR count). The third-order valence-corrected chi connectivity index (χ3v) is 2.66. The molecular formula is C18H12. The van der Waals surface area contributed by atoms with E-state index in [-0.39, 0.29) is 0 Å². The normalized spacial score (nSPS) is 11.0. The van der Waals surface area contributed by atoms with Gasteiger partial charge in [0.25, 0.3) is 0 Å². The molecule has 0 atom stereocenters. The summed E-state index contributed by atoms with van der Waals surface area (Å²) in [6.07, 6.45) is 11.2. The Kier molecular flexibility index (Phi) is 3.65. The Morgan fingerprint density at radius 2 is 0.944 bits per heavy atom. The molecule has 0 radical (unpaired) electrons. The molecule has 2 aromatic carbocycles. The highest BCUT2D eigenvalue weighted by Gasteiger charge is 2.06. The van der Waals surface area contributed by atoms with E-state index in [2.05, 4.69) is 11.8 Å². The van der Waals surface area contributed by atoms with Gasteiger partial charge in [0.05, 0.1) is 0 Å². The van der Waals surface area contributed by atoms with Crippen molar-refractivity contribution in [2.24, 2.45) is 0 Å². The largest absolute Gasteiger partial charge is 0.115 e. The van der Waals surface area contributed by atoms with Gasteiger partial charge in [-0.1, -0.05) is 72.5 Å². The number of benzene rings is 2. The van der Waals surface area contributed by atoms with Crippen LogP contribution in [-0.2, 0) is 0 Å². The topological polar surface area (TPSA) is 0 Å². The molecule has 0 fully saturated rings. The Bertz CT molecular complexity index is 572. The zero-order chi connectivity index (χ0) is 12.8. The predicted molar refractivity (Wildman–Crippen MR) is 77.4 cm³/mol. The summed E-state index contributed by atoms with van der Waals surface area (Å²) in [4.78, 5) is 0. The molecule has 84 valence electrons. The summed E-state index contributed by atoms with van der Waals surface area (Å²) in [7, 11) is 0. The molecule has 0 saturated carbocycles. The van der Waals surface area contributed by atoms with Crippen molar-refractivity contribution in [1.82, 2.24) is 0 Å². The van der Waals surface area contributed by atoms with Crippen molar-refractivity contribution >= 4 is 11.1 Å². The van der Waals surface area contributed by atoms with E-state index < -0.39 is 0 Å². The molecule has 0 aliphatic rings. The van der Waals surface area contributed by atoms with Crippen LogP contribution in [-0.4, -0.2) is 0 Å². The highest BCUT2D eigenvalue weighted by molar-refractivity contribution is 6.03. The Hall–Kier alpha value is -2.70. The van der Waals surface area contributed by atoms with Gasteiger partial charge in [-0.2, -0.15) is 0 Å². The van der Waals surface area contributed by atoms with E-state index in [0.29, 0.717) is 0 Å². The fraction of sp³-hybridized carbons (Fsp3) is 0. The number of rotatable bonds is 2. The van der Waals surface area contributed by atoms with Crippen LogP contribution in [0.15, 0.2) is 60.7 Å². The van der Waals surface area contributed by atoms with Crippen molar-refractivity contribution in [1.29, 1.82) is 0 Å². The number of hydrogen-bond donors (Lipinski definition) is 0. The van der Waals surface area contributed by atoms with Crippen LogP contribution in [0.1, 0.15) is 11.1 Å². The van der Waals surface area contributed by atoms with E-state index >= 15 is 0 Å². The lowest BCUT2D eigenvalue weighted by Crippen LogP contribution is -1.88. The van der Waals surface area contributed by atoms with Crippen molar-refractivity contribution in [2.45, 2.75) is 0 Å². The standard InChI is InChI=1S/C18H12/c1-3-17(15-11-7-5-8-12-15)18(4-2)16-13-9-6-10-14-16/h1-2,5-14H/b18-17+. The van der Waals surface area contributed by atoms with E-state index in [1.165, 1.54) is 0 Å². The smallest absolute Gasteiger partial charge is 0.0477 e. The molecule has 2 aromatic rings. The van der Waals surface area contributed by atoms with Gasteiger partial charge in [-0.25, -0.2) is 0 Å². The van der Waals surface area contributed by atoms with Crippen LogP contribution in [0.4, 0.5) is 0 Å². The fourth-order valence-electron chi connectivity index (χ4n) is 1.81. The van der Waals surface area contributed by atoms with Crippen LogP contribution < -0.4 is 0 Å². The molecule has 0 aliphatic carbocycles. The van der Waals surface area contributed by atoms with Crippen LogP contribution in [0.5, 0.6) is 0 Å². The third kappa shape index (κ3) is 2.34. The maximum absolute atomic E-state index is 5.62. The summed E-state index contributed by atoms with van der Waals surface area (Å²) in [6.45, 7) is 0. The number of allylic oxidation sites excluding steroid dienone is 2. The van der Waals surface area contributed by atoms with E-state index in [1.54, 1.807) is 0 Å². The first-order valence-corrected chi connectivity index (χ1v) is 5.65. The summed E-state index contributed by atoms with van der Waals surface area (Å²) < 4.78 is 0. The molecule has 0 N–H and O–H groups in total. The summed E-state index contributed by atoms with van der Waals surface area (Å²) >= 11 is 0. The molecule has 0 nitrogen and oxygen atoms in total. The first-order valence-electron chi connectivity index (χ1n) is 5.65. The average Bonchev–Trinajstić information content (AvgIpc) is 2.46. The van der Waals surface area contributed by atoms with Gasteiger partial charge < -0.3 is 0 Å². The number of terminal acetylenes is 2. The lowest BCUT2D eigenvalue weighted by Gasteiger charge is -2.06. The van der Waals surface area contributed by atoms with Gasteiger partial charge in [0, 0.05) is 11.1 Å². The molecule has 0 amide bonds. The van der Waals surface area contributed by atoms with Crippen LogP contribution in [0.2, 0.25) is 0 Å². The molecule has 0 unspecified atom stereocenters. The molecule has 0 heterocycles. The van der Waals surface area contributed by atoms with E-state index in [4.69, 9.17) is 12.8 Å². The second kappa shape index (κ2) is 5.58. The molecule has 0 bridgehead atoms. The van der Waals surface area contributed by atoms with Crippen molar-refractivity contribution in [2.75, 3.05) is 0 Å². The highest BCUT2D eigenvalue weighted by Crippen LogP contribution is 2.25. The maximum atomic E-state index is 5.62. The Balaban J connectivity index is 2.63. The molecule has 0 aromatic heterocycles. The predicted octanol–water partition coefficient (Wildman–Crippen LogP) is 3.86. The minimum atomic E-state index is 0.754. The van der Waals surface area contributed by atoms with Gasteiger partial charge in [0.2, 0.25) is 0 Å². The molecule has 0 saturated heterocycles. The number of hydrogen-bond acceptors (Lipinski definition) is 0. The van der Waals surface area contributed by atoms with E-state index in [1.807, 2.05) is 60.7 Å². The van der Waals surface area contributed by atoms with E-state index in [9.17, 15) is 0 Å². The van der Waals surface area contributed by atoms with Gasteiger partial charge >= 0.3 is 0 Å². The van der Waals surface area contributed by atoms with Crippen LogP contribution in [0.3, 0.4) is 0 Å². The summed E-state index contributed by atoms with van der Waals surface area (Å²) in [5.74, 6) is 5.41. The highest BCUT2D eigenvalue weighted by atomic mass is 14.1. The zero-order valence-electron chi connectivity index (χ0n) is 9.93. The van der Waals surface area contributed by atoms with Crippen LogP contribution in [0, 0.1) is 24.7 Å². The third-order valence-electron chi connectivity index (χ3n) is 2.66. The minimum absolute atomic E-state index is 0.754. The quantitative estimate of drug-likeness (QED) is 0.541. The first-order chi connectivity index (χ1) is 8.86.